The Hall–Kier alpha value is -3.91. The molecule has 1 aromatic heterocycles. The highest BCUT2D eigenvalue weighted by atomic mass is 32.1. The zero-order valence-electron chi connectivity index (χ0n) is 19.1. The minimum Gasteiger partial charge on any atom is -0.497 e. The van der Waals surface area contributed by atoms with E-state index < -0.39 is 0 Å². The van der Waals surface area contributed by atoms with E-state index in [9.17, 15) is 4.79 Å². The van der Waals surface area contributed by atoms with Crippen LogP contribution in [-0.4, -0.2) is 27.8 Å². The highest BCUT2D eigenvalue weighted by Crippen LogP contribution is 2.22. The van der Waals surface area contributed by atoms with Gasteiger partial charge in [0, 0.05) is 35.9 Å². The number of hydrogen-bond acceptors (Lipinski definition) is 5. The summed E-state index contributed by atoms with van der Waals surface area (Å²) < 4.78 is 7.51. The van der Waals surface area contributed by atoms with E-state index in [0.29, 0.717) is 17.1 Å². The maximum Gasteiger partial charge on any atom is 0.226 e. The summed E-state index contributed by atoms with van der Waals surface area (Å²) in [6.45, 7) is 2.53. The van der Waals surface area contributed by atoms with E-state index in [4.69, 9.17) is 17.0 Å². The summed E-state index contributed by atoms with van der Waals surface area (Å²) in [5.41, 5.74) is 3.84. The number of rotatable bonds is 9. The zero-order valence-corrected chi connectivity index (χ0v) is 19.9. The molecule has 0 saturated heterocycles. The van der Waals surface area contributed by atoms with Crippen LogP contribution in [0.15, 0.2) is 78.9 Å². The molecule has 1 amide bonds. The van der Waals surface area contributed by atoms with Crippen molar-refractivity contribution in [2.45, 2.75) is 25.9 Å². The number of aromatic amines is 1. The Bertz CT molecular complexity index is 1280. The summed E-state index contributed by atoms with van der Waals surface area (Å²) in [4.78, 5) is 12.6. The number of H-pyrrole nitrogens is 1. The molecule has 0 fully saturated rings. The highest BCUT2D eigenvalue weighted by molar-refractivity contribution is 7.71. The predicted octanol–water partition coefficient (Wildman–Crippen LogP) is 5.82. The predicted molar refractivity (Wildman–Crippen MR) is 138 cm³/mol. The lowest BCUT2D eigenvalue weighted by Gasteiger charge is -2.16. The van der Waals surface area contributed by atoms with Crippen LogP contribution >= 0.6 is 12.2 Å². The average molecular weight is 474 g/mol. The first kappa shape index (κ1) is 23.3. The molecule has 1 atom stereocenters. The monoisotopic (exact) mass is 473 g/mol. The van der Waals surface area contributed by atoms with Crippen molar-refractivity contribution in [3.63, 3.8) is 0 Å². The van der Waals surface area contributed by atoms with Crippen molar-refractivity contribution in [3.05, 3.63) is 89.2 Å². The molecule has 0 bridgehead atoms. The van der Waals surface area contributed by atoms with Gasteiger partial charge in [0.1, 0.15) is 5.75 Å². The second-order valence-electron chi connectivity index (χ2n) is 7.88. The number of carbonyl (C=O) groups excluding carboxylic acids is 1. The number of nitrogens with zero attached hydrogens (tertiary/aromatic N) is 2. The molecule has 0 saturated carbocycles. The van der Waals surface area contributed by atoms with Gasteiger partial charge in [0.15, 0.2) is 10.6 Å². The molecular weight excluding hydrogens is 446 g/mol. The summed E-state index contributed by atoms with van der Waals surface area (Å²) in [6, 6.07) is 25.7. The average Bonchev–Trinajstić information content (AvgIpc) is 3.24. The van der Waals surface area contributed by atoms with Gasteiger partial charge in [-0.05, 0) is 73.2 Å². The van der Waals surface area contributed by atoms with Crippen LogP contribution in [0.5, 0.6) is 5.75 Å². The van der Waals surface area contributed by atoms with E-state index in [2.05, 4.69) is 39.9 Å². The first-order chi connectivity index (χ1) is 16.5. The molecule has 8 heteroatoms. The fraction of sp³-hybridized carbons (Fsp3) is 0.192. The van der Waals surface area contributed by atoms with Crippen molar-refractivity contribution in [1.29, 1.82) is 0 Å². The van der Waals surface area contributed by atoms with E-state index in [0.717, 1.165) is 22.7 Å². The quantitative estimate of drug-likeness (QED) is 0.267. The van der Waals surface area contributed by atoms with Crippen molar-refractivity contribution >= 4 is 29.5 Å². The van der Waals surface area contributed by atoms with Gasteiger partial charge in [0.05, 0.1) is 7.11 Å². The van der Waals surface area contributed by atoms with Crippen molar-refractivity contribution < 1.29 is 9.53 Å². The molecule has 0 aliphatic heterocycles. The number of anilines is 2. The third-order valence-corrected chi connectivity index (χ3v) is 5.83. The zero-order chi connectivity index (χ0) is 23.9. The molecular formula is C26H27N5O2S. The Morgan fingerprint density at radius 1 is 1.03 bits per heavy atom. The molecule has 4 aromatic rings. The van der Waals surface area contributed by atoms with Crippen molar-refractivity contribution in [3.8, 4) is 17.1 Å². The smallest absolute Gasteiger partial charge is 0.226 e. The Morgan fingerprint density at radius 3 is 2.38 bits per heavy atom. The van der Waals surface area contributed by atoms with Gasteiger partial charge in [-0.15, -0.1) is 0 Å². The van der Waals surface area contributed by atoms with E-state index in [1.54, 1.807) is 7.11 Å². The van der Waals surface area contributed by atoms with Crippen LogP contribution in [0.1, 0.15) is 24.9 Å². The third-order valence-electron chi connectivity index (χ3n) is 5.52. The third kappa shape index (κ3) is 5.71. The van der Waals surface area contributed by atoms with Gasteiger partial charge in [-0.25, -0.2) is 0 Å². The Labute approximate surface area is 203 Å². The van der Waals surface area contributed by atoms with Crippen LogP contribution < -0.4 is 15.4 Å². The normalized spacial score (nSPS) is 11.6. The Kier molecular flexibility index (Phi) is 7.39. The van der Waals surface area contributed by atoms with Crippen molar-refractivity contribution in [2.24, 2.45) is 0 Å². The lowest BCUT2D eigenvalue weighted by atomic mass is 10.1. The van der Waals surface area contributed by atoms with Gasteiger partial charge >= 0.3 is 0 Å². The molecule has 0 radical (unpaired) electrons. The van der Waals surface area contributed by atoms with Gasteiger partial charge in [-0.3, -0.25) is 14.5 Å². The van der Waals surface area contributed by atoms with Gasteiger partial charge in [-0.1, -0.05) is 30.3 Å². The summed E-state index contributed by atoms with van der Waals surface area (Å²) in [5.74, 6) is 1.35. The maximum atomic E-state index is 12.6. The molecule has 1 unspecified atom stereocenters. The van der Waals surface area contributed by atoms with Crippen LogP contribution in [0.3, 0.4) is 0 Å². The lowest BCUT2D eigenvalue weighted by Crippen LogP contribution is -2.15. The van der Waals surface area contributed by atoms with Crippen LogP contribution in [-0.2, 0) is 11.3 Å². The first-order valence-electron chi connectivity index (χ1n) is 11.0. The van der Waals surface area contributed by atoms with Crippen LogP contribution in [0.4, 0.5) is 11.4 Å². The van der Waals surface area contributed by atoms with E-state index in [1.165, 1.54) is 5.56 Å². The minimum absolute atomic E-state index is 0.0952. The van der Waals surface area contributed by atoms with Gasteiger partial charge < -0.3 is 15.4 Å². The fourth-order valence-corrected chi connectivity index (χ4v) is 3.87. The fourth-order valence-electron chi connectivity index (χ4n) is 3.65. The first-order valence-corrected chi connectivity index (χ1v) is 11.5. The molecule has 3 aromatic carbocycles. The number of carbonyl (C=O) groups is 1. The largest absolute Gasteiger partial charge is 0.497 e. The number of amides is 1. The highest BCUT2D eigenvalue weighted by Gasteiger charge is 2.11. The molecule has 3 N–H and O–H groups in total. The molecule has 34 heavy (non-hydrogen) atoms. The van der Waals surface area contributed by atoms with Crippen molar-refractivity contribution in [1.82, 2.24) is 14.8 Å². The summed E-state index contributed by atoms with van der Waals surface area (Å²) >= 11 is 5.37. The molecule has 174 valence electrons. The second-order valence-corrected chi connectivity index (χ2v) is 8.27. The van der Waals surface area contributed by atoms with E-state index >= 15 is 0 Å². The van der Waals surface area contributed by atoms with Crippen LogP contribution in [0.25, 0.3) is 11.4 Å². The summed E-state index contributed by atoms with van der Waals surface area (Å²) in [7, 11) is 1.62. The molecule has 7 nitrogen and oxygen atoms in total. The van der Waals surface area contributed by atoms with Gasteiger partial charge in [-0.2, -0.15) is 5.10 Å². The van der Waals surface area contributed by atoms with Crippen LogP contribution in [0, 0.1) is 4.77 Å². The number of aromatic nitrogens is 3. The molecule has 0 aliphatic carbocycles. The Balaban J connectivity index is 1.34. The maximum absolute atomic E-state index is 12.6. The number of nitrogens with one attached hydrogen (secondary N) is 3. The Morgan fingerprint density at radius 2 is 1.71 bits per heavy atom. The minimum atomic E-state index is -0.0952. The number of ether oxygens (including phenoxy) is 1. The topological polar surface area (TPSA) is 84.0 Å². The number of benzene rings is 3. The molecule has 1 heterocycles. The van der Waals surface area contributed by atoms with Crippen LogP contribution in [0.2, 0.25) is 0 Å². The second kappa shape index (κ2) is 10.8. The SMILES string of the molecule is COc1ccc(-c2n[nH]c(=S)n2CCC(=O)Nc2ccc(NC(C)c3ccccc3)cc2)cc1. The molecule has 4 rings (SSSR count). The number of hydrogen-bond donors (Lipinski definition) is 3. The number of methoxy groups -OCH3 is 1. The standard InChI is InChI=1S/C26H27N5O2S/c1-18(19-6-4-3-5-7-19)27-21-10-12-22(13-11-21)28-24(32)16-17-31-25(29-30-26(31)34)20-8-14-23(33-2)15-9-20/h3-15,18,27H,16-17H2,1-2H3,(H,28,32)(H,30,34). The van der Waals surface area contributed by atoms with Gasteiger partial charge in [0.25, 0.3) is 0 Å². The molecule has 0 aliphatic rings. The summed E-state index contributed by atoms with van der Waals surface area (Å²) in [6.07, 6.45) is 0.266. The van der Waals surface area contributed by atoms with E-state index in [-0.39, 0.29) is 18.4 Å². The van der Waals surface area contributed by atoms with E-state index in [1.807, 2.05) is 71.3 Å². The van der Waals surface area contributed by atoms with Crippen molar-refractivity contribution in [2.75, 3.05) is 17.7 Å². The summed E-state index contributed by atoms with van der Waals surface area (Å²) in [5, 5.41) is 13.6. The van der Waals surface area contributed by atoms with Gasteiger partial charge in [0.2, 0.25) is 5.91 Å². The lowest BCUT2D eigenvalue weighted by molar-refractivity contribution is -0.116. The molecule has 0 spiro atoms.